The molecule has 44 heavy (non-hydrogen) atoms. The molecule has 10 heteroatoms. The second kappa shape index (κ2) is 17.1. The predicted molar refractivity (Wildman–Crippen MR) is 175 cm³/mol. The van der Waals surface area contributed by atoms with Gasteiger partial charge in [-0.05, 0) is 98.2 Å². The number of ether oxygens (including phenoxy) is 2. The van der Waals surface area contributed by atoms with Crippen molar-refractivity contribution in [1.29, 1.82) is 0 Å². The number of hydrogen-bond donors (Lipinski definition) is 5. The molecule has 0 atom stereocenters. The van der Waals surface area contributed by atoms with Gasteiger partial charge >= 0.3 is 12.1 Å². The van der Waals surface area contributed by atoms with Crippen molar-refractivity contribution in [2.75, 3.05) is 57.0 Å². The molecule has 0 radical (unpaired) electrons. The van der Waals surface area contributed by atoms with Crippen LogP contribution in [0.1, 0.15) is 41.6 Å². The summed E-state index contributed by atoms with van der Waals surface area (Å²) >= 11 is 0. The number of methoxy groups -OCH3 is 1. The van der Waals surface area contributed by atoms with Crippen LogP contribution < -0.4 is 27.0 Å². The number of carbonyl (C=O) groups is 2. The van der Waals surface area contributed by atoms with E-state index in [1.165, 1.54) is 13.2 Å². The minimum Gasteiger partial charge on any atom is -0.465 e. The van der Waals surface area contributed by atoms with E-state index in [1.807, 2.05) is 48.5 Å². The maximum atomic E-state index is 14.9. The Morgan fingerprint density at radius 3 is 2.02 bits per heavy atom. The summed E-state index contributed by atoms with van der Waals surface area (Å²) in [4.78, 5) is 25.4. The van der Waals surface area contributed by atoms with Gasteiger partial charge in [0.1, 0.15) is 12.4 Å². The van der Waals surface area contributed by atoms with Gasteiger partial charge in [0, 0.05) is 12.1 Å². The first-order chi connectivity index (χ1) is 21.5. The van der Waals surface area contributed by atoms with Crippen LogP contribution in [-0.2, 0) is 16.1 Å². The van der Waals surface area contributed by atoms with Gasteiger partial charge in [-0.2, -0.15) is 0 Å². The monoisotopic (exact) mass is 603 g/mol. The summed E-state index contributed by atoms with van der Waals surface area (Å²) in [5.41, 5.74) is 6.50. The van der Waals surface area contributed by atoms with Gasteiger partial charge in [0.2, 0.25) is 0 Å². The molecule has 0 aliphatic carbocycles. The van der Waals surface area contributed by atoms with E-state index in [4.69, 9.17) is 15.2 Å². The molecule has 4 aromatic rings. The highest BCUT2D eigenvalue weighted by molar-refractivity contribution is 6.03. The smallest absolute Gasteiger partial charge is 0.411 e. The van der Waals surface area contributed by atoms with Gasteiger partial charge in [-0.15, -0.1) is 0 Å². The third-order valence-electron chi connectivity index (χ3n) is 7.34. The maximum absolute atomic E-state index is 14.9. The van der Waals surface area contributed by atoms with Gasteiger partial charge in [-0.1, -0.05) is 48.5 Å². The van der Waals surface area contributed by atoms with Crippen molar-refractivity contribution in [3.05, 3.63) is 83.7 Å². The van der Waals surface area contributed by atoms with Crippen molar-refractivity contribution in [2.45, 2.75) is 32.3 Å². The van der Waals surface area contributed by atoms with E-state index in [0.29, 0.717) is 13.1 Å². The van der Waals surface area contributed by atoms with E-state index in [-0.39, 0.29) is 23.5 Å². The Hall–Kier alpha value is -4.25. The highest BCUT2D eigenvalue weighted by Crippen LogP contribution is 2.30. The number of hydrogen-bond acceptors (Lipinski definition) is 8. The summed E-state index contributed by atoms with van der Waals surface area (Å²) in [7, 11) is 1.20. The molecule has 234 valence electrons. The average Bonchev–Trinajstić information content (AvgIpc) is 3.04. The van der Waals surface area contributed by atoms with Crippen LogP contribution in [0.4, 0.5) is 20.6 Å². The number of esters is 1. The summed E-state index contributed by atoms with van der Waals surface area (Å²) in [6.45, 7) is 4.82. The predicted octanol–water partition coefficient (Wildman–Crippen LogP) is 5.78. The van der Waals surface area contributed by atoms with E-state index < -0.39 is 17.9 Å². The van der Waals surface area contributed by atoms with Gasteiger partial charge < -0.3 is 31.2 Å². The molecule has 1 amide bonds. The van der Waals surface area contributed by atoms with Gasteiger partial charge in [0.25, 0.3) is 0 Å². The highest BCUT2D eigenvalue weighted by Gasteiger charge is 2.19. The fourth-order valence-electron chi connectivity index (χ4n) is 5.05. The zero-order valence-corrected chi connectivity index (χ0v) is 25.2. The van der Waals surface area contributed by atoms with Crippen LogP contribution in [0.2, 0.25) is 0 Å². The summed E-state index contributed by atoms with van der Waals surface area (Å²) in [5.74, 6) is -1.40. The molecule has 0 fully saturated rings. The first kappa shape index (κ1) is 32.7. The minimum atomic E-state index is -0.775. The van der Waals surface area contributed by atoms with Gasteiger partial charge in [0.15, 0.2) is 0 Å². The van der Waals surface area contributed by atoms with E-state index in [0.717, 1.165) is 85.0 Å². The average molecular weight is 604 g/mol. The van der Waals surface area contributed by atoms with Crippen molar-refractivity contribution >= 4 is 45.0 Å². The summed E-state index contributed by atoms with van der Waals surface area (Å²) < 4.78 is 25.4. The molecule has 0 bridgehead atoms. The third-order valence-corrected chi connectivity index (χ3v) is 7.34. The van der Waals surface area contributed by atoms with E-state index in [9.17, 15) is 14.0 Å². The second-order valence-electron chi connectivity index (χ2n) is 10.5. The second-order valence-corrected chi connectivity index (χ2v) is 10.5. The van der Waals surface area contributed by atoms with Crippen LogP contribution >= 0.6 is 0 Å². The van der Waals surface area contributed by atoms with Gasteiger partial charge in [-0.3, -0.25) is 5.32 Å². The standard InChI is InChI=1S/C34H42FN5O4/c1-43-33(41)28-21-30(35)32(39-19-9-18-38-16-7-6-15-37-17-8-14-36)22-31(28)40-34(42)44-23-29-26-12-4-2-10-24(26)20-25-11-3-5-13-27(25)29/h2-5,10-13,20-22,37-39H,6-9,14-19,23,36H2,1H3,(H,40,42). The molecule has 4 aromatic carbocycles. The lowest BCUT2D eigenvalue weighted by Crippen LogP contribution is -2.22. The molecule has 6 N–H and O–H groups in total. The molecule has 9 nitrogen and oxygen atoms in total. The number of carbonyl (C=O) groups excluding carboxylic acids is 2. The van der Waals surface area contributed by atoms with Gasteiger partial charge in [0.05, 0.1) is 24.0 Å². The molecular formula is C34H42FN5O4. The van der Waals surface area contributed by atoms with Crippen LogP contribution in [-0.4, -0.2) is 58.4 Å². The Morgan fingerprint density at radius 2 is 1.39 bits per heavy atom. The Bertz CT molecular complexity index is 1490. The molecular weight excluding hydrogens is 561 g/mol. The highest BCUT2D eigenvalue weighted by atomic mass is 19.1. The zero-order chi connectivity index (χ0) is 31.1. The Kier molecular flexibility index (Phi) is 12.7. The van der Waals surface area contributed by atoms with Crippen molar-refractivity contribution in [3.63, 3.8) is 0 Å². The van der Waals surface area contributed by atoms with Crippen LogP contribution in [0.15, 0.2) is 66.7 Å². The molecule has 0 spiro atoms. The van der Waals surface area contributed by atoms with E-state index in [2.05, 4.69) is 27.3 Å². The van der Waals surface area contributed by atoms with Crippen molar-refractivity contribution in [2.24, 2.45) is 5.73 Å². The fourth-order valence-corrected chi connectivity index (χ4v) is 5.05. The van der Waals surface area contributed by atoms with Crippen LogP contribution in [0, 0.1) is 5.82 Å². The lowest BCUT2D eigenvalue weighted by Gasteiger charge is -2.15. The van der Waals surface area contributed by atoms with Crippen molar-refractivity contribution in [1.82, 2.24) is 10.6 Å². The first-order valence-electron chi connectivity index (χ1n) is 15.1. The Morgan fingerprint density at radius 1 is 0.773 bits per heavy atom. The van der Waals surface area contributed by atoms with Crippen molar-refractivity contribution < 1.29 is 23.5 Å². The van der Waals surface area contributed by atoms with Crippen molar-refractivity contribution in [3.8, 4) is 0 Å². The Balaban J connectivity index is 1.34. The van der Waals surface area contributed by atoms with Crippen LogP contribution in [0.5, 0.6) is 0 Å². The summed E-state index contributed by atoms with van der Waals surface area (Å²) in [5, 5.41) is 16.5. The SMILES string of the molecule is COC(=O)c1cc(F)c(NCCCNCCCCNCCCN)cc1NC(=O)OCc1c2ccccc2cc2ccccc12. The minimum absolute atomic E-state index is 0.00531. The molecule has 0 unspecified atom stereocenters. The van der Waals surface area contributed by atoms with E-state index in [1.54, 1.807) is 0 Å². The number of benzene rings is 4. The molecule has 0 saturated heterocycles. The normalized spacial score (nSPS) is 11.1. The quantitative estimate of drug-likeness (QED) is 0.0584. The topological polar surface area (TPSA) is 127 Å². The van der Waals surface area contributed by atoms with Gasteiger partial charge in [-0.25, -0.2) is 14.0 Å². The molecule has 0 aliphatic rings. The Labute approximate surface area is 257 Å². The zero-order valence-electron chi connectivity index (χ0n) is 25.2. The number of unbranched alkanes of at least 4 members (excludes halogenated alkanes) is 1. The van der Waals surface area contributed by atoms with Crippen LogP contribution in [0.25, 0.3) is 21.5 Å². The summed E-state index contributed by atoms with van der Waals surface area (Å²) in [6, 6.07) is 20.4. The van der Waals surface area contributed by atoms with E-state index >= 15 is 0 Å². The number of fused-ring (bicyclic) bond motifs is 2. The molecule has 0 saturated carbocycles. The summed E-state index contributed by atoms with van der Waals surface area (Å²) in [6.07, 6.45) is 3.13. The third kappa shape index (κ3) is 9.12. The lowest BCUT2D eigenvalue weighted by atomic mass is 9.97. The number of amides is 1. The molecule has 0 aliphatic heterocycles. The maximum Gasteiger partial charge on any atom is 0.411 e. The number of anilines is 2. The van der Waals surface area contributed by atoms with Crippen LogP contribution in [0.3, 0.4) is 0 Å². The molecule has 4 rings (SSSR count). The number of nitrogens with two attached hydrogens (primary N) is 1. The fraction of sp³-hybridized carbons (Fsp3) is 0.353. The largest absolute Gasteiger partial charge is 0.465 e. The molecule has 0 aromatic heterocycles. The number of nitrogens with one attached hydrogen (secondary N) is 4. The molecule has 0 heterocycles. The lowest BCUT2D eigenvalue weighted by molar-refractivity contribution is 0.0601. The number of halogens is 1. The first-order valence-corrected chi connectivity index (χ1v) is 15.1. The number of rotatable bonds is 17.